The summed E-state index contributed by atoms with van der Waals surface area (Å²) in [6, 6.07) is 19.2. The van der Waals surface area contributed by atoms with Crippen LogP contribution in [0.3, 0.4) is 0 Å². The summed E-state index contributed by atoms with van der Waals surface area (Å²) in [6.07, 6.45) is 0. The average molecular weight is 235 g/mol. The van der Waals surface area contributed by atoms with Crippen molar-refractivity contribution in [1.29, 1.82) is 0 Å². The summed E-state index contributed by atoms with van der Waals surface area (Å²) >= 11 is 0. The number of rotatable bonds is 1. The van der Waals surface area contributed by atoms with Gasteiger partial charge in [-0.25, -0.2) is 0 Å². The number of aromatic hydroxyl groups is 1. The lowest BCUT2D eigenvalue weighted by Gasteiger charge is -2.07. The third-order valence-electron chi connectivity index (χ3n) is 3.13. The molecule has 0 radical (unpaired) electrons. The van der Waals surface area contributed by atoms with E-state index in [0.29, 0.717) is 5.75 Å². The first-order valence-corrected chi connectivity index (χ1v) is 5.82. The Morgan fingerprint density at radius 3 is 2.50 bits per heavy atom. The lowest BCUT2D eigenvalue weighted by Crippen LogP contribution is -1.89. The maximum Gasteiger partial charge on any atom is 0.123 e. The van der Waals surface area contributed by atoms with E-state index in [1.54, 1.807) is 6.07 Å². The monoisotopic (exact) mass is 235 g/mol. The molecule has 0 aliphatic rings. The summed E-state index contributed by atoms with van der Waals surface area (Å²) in [4.78, 5) is 0. The Bertz CT molecular complexity index is 719. The minimum absolute atomic E-state index is 0.295. The molecule has 0 saturated heterocycles. The number of hydrogen-bond acceptors (Lipinski definition) is 2. The van der Waals surface area contributed by atoms with Crippen molar-refractivity contribution in [3.8, 4) is 16.9 Å². The van der Waals surface area contributed by atoms with Crippen LogP contribution >= 0.6 is 0 Å². The van der Waals surface area contributed by atoms with Crippen LogP contribution in [0.15, 0.2) is 60.7 Å². The standard InChI is InChI=1S/C16H13NO/c17-15-6-2-1-5-13(15)12-9-8-11-4-3-7-16(18)14(11)10-12/h1-10,18H,17H2. The highest BCUT2D eigenvalue weighted by Crippen LogP contribution is 2.31. The molecule has 3 aromatic carbocycles. The highest BCUT2D eigenvalue weighted by molar-refractivity contribution is 5.93. The lowest BCUT2D eigenvalue weighted by molar-refractivity contribution is 0.481. The van der Waals surface area contributed by atoms with Crippen molar-refractivity contribution >= 4 is 16.5 Å². The van der Waals surface area contributed by atoms with Gasteiger partial charge in [0.1, 0.15) is 5.75 Å². The molecule has 3 aromatic rings. The van der Waals surface area contributed by atoms with E-state index in [2.05, 4.69) is 0 Å². The minimum Gasteiger partial charge on any atom is -0.507 e. The second kappa shape index (κ2) is 4.08. The summed E-state index contributed by atoms with van der Waals surface area (Å²) in [6.45, 7) is 0. The third kappa shape index (κ3) is 1.68. The number of benzene rings is 3. The van der Waals surface area contributed by atoms with Gasteiger partial charge in [-0.3, -0.25) is 0 Å². The molecule has 3 N–H and O–H groups in total. The van der Waals surface area contributed by atoms with Crippen LogP contribution < -0.4 is 5.73 Å². The number of phenolic OH excluding ortho intramolecular Hbond substituents is 1. The quantitative estimate of drug-likeness (QED) is 0.630. The van der Waals surface area contributed by atoms with Crippen LogP contribution in [-0.2, 0) is 0 Å². The molecule has 0 fully saturated rings. The Labute approximate surface area is 105 Å². The van der Waals surface area contributed by atoms with Gasteiger partial charge in [-0.15, -0.1) is 0 Å². The van der Waals surface area contributed by atoms with Crippen LogP contribution in [-0.4, -0.2) is 5.11 Å². The molecule has 0 bridgehead atoms. The van der Waals surface area contributed by atoms with Crippen molar-refractivity contribution in [2.24, 2.45) is 0 Å². The summed E-state index contributed by atoms with van der Waals surface area (Å²) in [5, 5.41) is 11.7. The molecule has 2 heteroatoms. The van der Waals surface area contributed by atoms with Gasteiger partial charge in [0.2, 0.25) is 0 Å². The van der Waals surface area contributed by atoms with Gasteiger partial charge in [0.05, 0.1) is 0 Å². The minimum atomic E-state index is 0.295. The van der Waals surface area contributed by atoms with E-state index in [9.17, 15) is 5.11 Å². The van der Waals surface area contributed by atoms with Gasteiger partial charge in [0.15, 0.2) is 0 Å². The Kier molecular flexibility index (Phi) is 2.41. The molecule has 0 aromatic heterocycles. The fourth-order valence-electron chi connectivity index (χ4n) is 2.18. The fraction of sp³-hybridized carbons (Fsp3) is 0. The van der Waals surface area contributed by atoms with Gasteiger partial charge < -0.3 is 10.8 Å². The summed E-state index contributed by atoms with van der Waals surface area (Å²) in [7, 11) is 0. The van der Waals surface area contributed by atoms with Gasteiger partial charge in [0.25, 0.3) is 0 Å². The van der Waals surface area contributed by atoms with Crippen molar-refractivity contribution < 1.29 is 5.11 Å². The number of hydrogen-bond donors (Lipinski definition) is 2. The Morgan fingerprint density at radius 2 is 1.67 bits per heavy atom. The third-order valence-corrected chi connectivity index (χ3v) is 3.13. The van der Waals surface area contributed by atoms with Gasteiger partial charge in [-0.1, -0.05) is 42.5 Å². The van der Waals surface area contributed by atoms with Gasteiger partial charge in [0, 0.05) is 16.6 Å². The second-order valence-electron chi connectivity index (χ2n) is 4.30. The zero-order chi connectivity index (χ0) is 12.5. The number of nitrogen functional groups attached to an aromatic ring is 1. The summed E-state index contributed by atoms with van der Waals surface area (Å²) in [5.41, 5.74) is 8.72. The molecule has 0 amide bonds. The molecule has 0 saturated carbocycles. The maximum absolute atomic E-state index is 9.88. The number of nitrogens with two attached hydrogens (primary N) is 1. The van der Waals surface area contributed by atoms with Crippen molar-refractivity contribution in [3.05, 3.63) is 60.7 Å². The maximum atomic E-state index is 9.88. The van der Waals surface area contributed by atoms with E-state index in [0.717, 1.165) is 27.6 Å². The highest BCUT2D eigenvalue weighted by Gasteiger charge is 2.04. The molecule has 0 heterocycles. The van der Waals surface area contributed by atoms with E-state index in [-0.39, 0.29) is 0 Å². The Morgan fingerprint density at radius 1 is 0.833 bits per heavy atom. The topological polar surface area (TPSA) is 46.2 Å². The normalized spacial score (nSPS) is 10.7. The zero-order valence-corrected chi connectivity index (χ0v) is 9.80. The first-order chi connectivity index (χ1) is 8.75. The number of phenols is 1. The molecule has 0 aliphatic carbocycles. The van der Waals surface area contributed by atoms with E-state index in [1.807, 2.05) is 54.6 Å². The van der Waals surface area contributed by atoms with Crippen LogP contribution in [0.25, 0.3) is 21.9 Å². The summed E-state index contributed by atoms with van der Waals surface area (Å²) < 4.78 is 0. The van der Waals surface area contributed by atoms with Gasteiger partial charge in [-0.05, 0) is 29.1 Å². The Hall–Kier alpha value is -2.48. The predicted octanol–water partition coefficient (Wildman–Crippen LogP) is 3.79. The molecular formula is C16H13NO. The molecule has 0 aliphatic heterocycles. The first-order valence-electron chi connectivity index (χ1n) is 5.82. The number of anilines is 1. The molecule has 0 spiro atoms. The molecular weight excluding hydrogens is 222 g/mol. The molecule has 0 unspecified atom stereocenters. The zero-order valence-electron chi connectivity index (χ0n) is 9.80. The summed E-state index contributed by atoms with van der Waals surface area (Å²) in [5.74, 6) is 0.295. The van der Waals surface area contributed by atoms with Gasteiger partial charge >= 0.3 is 0 Å². The predicted molar refractivity (Wildman–Crippen MR) is 75.5 cm³/mol. The molecule has 88 valence electrons. The molecule has 18 heavy (non-hydrogen) atoms. The number of para-hydroxylation sites is 1. The highest BCUT2D eigenvalue weighted by atomic mass is 16.3. The van der Waals surface area contributed by atoms with E-state index in [4.69, 9.17) is 5.73 Å². The van der Waals surface area contributed by atoms with Crippen LogP contribution in [0.1, 0.15) is 0 Å². The molecule has 0 atom stereocenters. The largest absolute Gasteiger partial charge is 0.507 e. The van der Waals surface area contributed by atoms with Gasteiger partial charge in [-0.2, -0.15) is 0 Å². The van der Waals surface area contributed by atoms with Crippen molar-refractivity contribution in [2.45, 2.75) is 0 Å². The Balaban J connectivity index is 2.26. The molecule has 3 rings (SSSR count). The van der Waals surface area contributed by atoms with E-state index in [1.165, 1.54) is 0 Å². The van der Waals surface area contributed by atoms with Crippen LogP contribution in [0.4, 0.5) is 5.69 Å². The SMILES string of the molecule is Nc1ccccc1-c1ccc2cccc(O)c2c1. The van der Waals surface area contributed by atoms with Crippen LogP contribution in [0, 0.1) is 0 Å². The fourth-order valence-corrected chi connectivity index (χ4v) is 2.18. The van der Waals surface area contributed by atoms with Crippen LogP contribution in [0.2, 0.25) is 0 Å². The van der Waals surface area contributed by atoms with Crippen LogP contribution in [0.5, 0.6) is 5.75 Å². The lowest BCUT2D eigenvalue weighted by atomic mass is 10.00. The van der Waals surface area contributed by atoms with Crippen molar-refractivity contribution in [3.63, 3.8) is 0 Å². The second-order valence-corrected chi connectivity index (χ2v) is 4.30. The smallest absolute Gasteiger partial charge is 0.123 e. The molecule has 2 nitrogen and oxygen atoms in total. The van der Waals surface area contributed by atoms with Crippen molar-refractivity contribution in [1.82, 2.24) is 0 Å². The van der Waals surface area contributed by atoms with E-state index >= 15 is 0 Å². The number of fused-ring (bicyclic) bond motifs is 1. The van der Waals surface area contributed by atoms with E-state index < -0.39 is 0 Å². The average Bonchev–Trinajstić information content (AvgIpc) is 2.40. The van der Waals surface area contributed by atoms with Crippen molar-refractivity contribution in [2.75, 3.05) is 5.73 Å². The first kappa shape index (κ1) is 10.7.